The molecule has 32 heavy (non-hydrogen) atoms. The van der Waals surface area contributed by atoms with E-state index in [1.54, 1.807) is 0 Å². The lowest BCUT2D eigenvalue weighted by Crippen LogP contribution is -2.35. The quantitative estimate of drug-likeness (QED) is 0.553. The highest BCUT2D eigenvalue weighted by atomic mass is 16.5. The van der Waals surface area contributed by atoms with E-state index >= 15 is 0 Å². The number of carbonyl (C=O) groups excluding carboxylic acids is 1. The Bertz CT molecular complexity index is 783. The summed E-state index contributed by atoms with van der Waals surface area (Å²) < 4.78 is 6.10. The van der Waals surface area contributed by atoms with Crippen LogP contribution in [-0.2, 0) is 11.3 Å². The highest BCUT2D eigenvalue weighted by Gasteiger charge is 2.23. The van der Waals surface area contributed by atoms with E-state index in [4.69, 9.17) is 4.74 Å². The average Bonchev–Trinajstić information content (AvgIpc) is 3.24. The largest absolute Gasteiger partial charge is 0.372 e. The number of carbonyl (C=O) groups is 1. The van der Waals surface area contributed by atoms with Gasteiger partial charge >= 0.3 is 0 Å². The van der Waals surface area contributed by atoms with Crippen LogP contribution in [0.2, 0.25) is 0 Å². The fourth-order valence-corrected chi connectivity index (χ4v) is 4.58. The summed E-state index contributed by atoms with van der Waals surface area (Å²) in [6.07, 6.45) is 9.92. The summed E-state index contributed by atoms with van der Waals surface area (Å²) in [5.41, 5.74) is 3.15. The van der Waals surface area contributed by atoms with Gasteiger partial charge in [0.25, 0.3) is 5.91 Å². The van der Waals surface area contributed by atoms with Crippen molar-refractivity contribution < 1.29 is 9.53 Å². The van der Waals surface area contributed by atoms with Crippen molar-refractivity contribution in [3.8, 4) is 0 Å². The zero-order valence-corrected chi connectivity index (χ0v) is 17.9. The van der Waals surface area contributed by atoms with Gasteiger partial charge in [0.15, 0.2) is 0 Å². The number of hydrogen-bond donors (Lipinski definition) is 1. The highest BCUT2D eigenvalue weighted by Crippen LogP contribution is 2.23. The van der Waals surface area contributed by atoms with Crippen LogP contribution in [0.25, 0.3) is 0 Å². The van der Waals surface area contributed by atoms with Crippen molar-refractivity contribution in [2.45, 2.75) is 85.0 Å². The zero-order chi connectivity index (χ0) is 20.6. The number of amides is 1. The molecule has 2 fully saturated rings. The summed E-state index contributed by atoms with van der Waals surface area (Å²) in [6, 6.07) is 18.8. The first-order chi connectivity index (χ1) is 14.8. The molecule has 0 bridgehead atoms. The minimum absolute atomic E-state index is 0. The third kappa shape index (κ3) is 7.37. The van der Waals surface area contributed by atoms with Crippen molar-refractivity contribution in [1.29, 1.82) is 0 Å². The van der Waals surface area contributed by atoms with Crippen LogP contribution in [0.15, 0.2) is 54.6 Å². The zero-order valence-electron chi connectivity index (χ0n) is 17.9. The van der Waals surface area contributed by atoms with Crippen molar-refractivity contribution in [2.75, 3.05) is 18.0 Å². The third-order valence-corrected chi connectivity index (χ3v) is 6.41. The van der Waals surface area contributed by atoms with Crippen LogP contribution >= 0.6 is 0 Å². The van der Waals surface area contributed by atoms with Gasteiger partial charge in [0.2, 0.25) is 0 Å². The van der Waals surface area contributed by atoms with Gasteiger partial charge in [0.1, 0.15) is 0 Å². The van der Waals surface area contributed by atoms with Gasteiger partial charge in [-0.15, -0.1) is 0 Å². The Morgan fingerprint density at radius 3 is 2.22 bits per heavy atom. The molecule has 2 aromatic rings. The highest BCUT2D eigenvalue weighted by molar-refractivity contribution is 5.94. The molecule has 2 aromatic carbocycles. The van der Waals surface area contributed by atoms with E-state index in [0.29, 0.717) is 12.6 Å². The minimum Gasteiger partial charge on any atom is -0.372 e. The van der Waals surface area contributed by atoms with Crippen molar-refractivity contribution in [2.24, 2.45) is 0 Å². The molecule has 1 heterocycles. The van der Waals surface area contributed by atoms with Gasteiger partial charge in [0, 0.05) is 30.4 Å². The number of ether oxygens (including phenoxy) is 1. The Morgan fingerprint density at radius 1 is 0.875 bits per heavy atom. The van der Waals surface area contributed by atoms with E-state index < -0.39 is 0 Å². The normalized spacial score (nSPS) is 19.2. The van der Waals surface area contributed by atoms with Gasteiger partial charge in [-0.25, -0.2) is 0 Å². The van der Waals surface area contributed by atoms with Gasteiger partial charge in [-0.3, -0.25) is 4.79 Å². The summed E-state index contributed by atoms with van der Waals surface area (Å²) in [6.45, 7) is 2.56. The molecule has 0 spiro atoms. The van der Waals surface area contributed by atoms with Crippen LogP contribution < -0.4 is 10.2 Å². The number of anilines is 1. The van der Waals surface area contributed by atoms with Crippen LogP contribution in [0, 0.1) is 0 Å². The first-order valence-electron chi connectivity index (χ1n) is 11.6. The van der Waals surface area contributed by atoms with Crippen LogP contribution in [0.4, 0.5) is 5.69 Å². The van der Waals surface area contributed by atoms with E-state index in [0.717, 1.165) is 37.9 Å². The molecule has 1 amide bonds. The molecule has 4 rings (SSSR count). The van der Waals surface area contributed by atoms with Gasteiger partial charge < -0.3 is 15.0 Å². The molecule has 4 nitrogen and oxygen atoms in total. The van der Waals surface area contributed by atoms with Gasteiger partial charge in [-0.05, 0) is 49.1 Å². The van der Waals surface area contributed by atoms with Crippen molar-refractivity contribution in [1.82, 2.24) is 5.32 Å². The van der Waals surface area contributed by atoms with E-state index in [1.807, 2.05) is 18.2 Å². The van der Waals surface area contributed by atoms with Crippen LogP contribution in [0.1, 0.15) is 82.1 Å². The molecule has 1 aliphatic carbocycles. The van der Waals surface area contributed by atoms with Gasteiger partial charge in [-0.2, -0.15) is 0 Å². The Kier molecular flexibility index (Phi) is 10.8. The smallest absolute Gasteiger partial charge is 0.251 e. The maximum absolute atomic E-state index is 12.7. The second-order valence-electron chi connectivity index (χ2n) is 8.72. The van der Waals surface area contributed by atoms with E-state index in [1.165, 1.54) is 43.4 Å². The number of nitrogens with one attached hydrogen (secondary N) is 1. The SMILES string of the molecule is C.C.O=C(NC1CCCCCCC1)c1ccc(N2CCC(OCc3ccccc3)C2)cc1. The lowest BCUT2D eigenvalue weighted by atomic mass is 9.96. The number of nitrogens with zero attached hydrogens (tertiary/aromatic N) is 1. The predicted octanol–water partition coefficient (Wildman–Crippen LogP) is 6.60. The summed E-state index contributed by atoms with van der Waals surface area (Å²) >= 11 is 0. The Hall–Kier alpha value is -2.33. The predicted molar refractivity (Wildman–Crippen MR) is 135 cm³/mol. The lowest BCUT2D eigenvalue weighted by molar-refractivity contribution is 0.0553. The van der Waals surface area contributed by atoms with E-state index in [9.17, 15) is 4.79 Å². The molecule has 1 saturated carbocycles. The fraction of sp³-hybridized carbons (Fsp3) is 0.536. The summed E-state index contributed by atoms with van der Waals surface area (Å²) in [4.78, 5) is 15.0. The van der Waals surface area contributed by atoms with Crippen molar-refractivity contribution >= 4 is 11.6 Å². The molecule has 2 aliphatic rings. The molecule has 1 unspecified atom stereocenters. The van der Waals surface area contributed by atoms with Gasteiger partial charge in [0.05, 0.1) is 12.7 Å². The van der Waals surface area contributed by atoms with Crippen molar-refractivity contribution in [3.63, 3.8) is 0 Å². The first-order valence-corrected chi connectivity index (χ1v) is 11.6. The minimum atomic E-state index is 0. The van der Waals surface area contributed by atoms with Crippen molar-refractivity contribution in [3.05, 3.63) is 65.7 Å². The topological polar surface area (TPSA) is 41.6 Å². The maximum Gasteiger partial charge on any atom is 0.251 e. The second-order valence-corrected chi connectivity index (χ2v) is 8.72. The monoisotopic (exact) mass is 438 g/mol. The van der Waals surface area contributed by atoms with E-state index in [2.05, 4.69) is 46.6 Å². The number of rotatable bonds is 6. The molecular formula is C28H42N2O2. The Balaban J connectivity index is 0.00000181. The fourth-order valence-electron chi connectivity index (χ4n) is 4.58. The van der Waals surface area contributed by atoms with Crippen LogP contribution in [0.3, 0.4) is 0 Å². The molecule has 1 N–H and O–H groups in total. The average molecular weight is 439 g/mol. The molecule has 1 saturated heterocycles. The summed E-state index contributed by atoms with van der Waals surface area (Å²) in [5, 5.41) is 3.26. The molecule has 1 aliphatic heterocycles. The Morgan fingerprint density at radius 2 is 1.53 bits per heavy atom. The van der Waals surface area contributed by atoms with Crippen LogP contribution in [0.5, 0.6) is 0 Å². The van der Waals surface area contributed by atoms with Gasteiger partial charge in [-0.1, -0.05) is 77.3 Å². The number of hydrogen-bond acceptors (Lipinski definition) is 3. The molecular weight excluding hydrogens is 396 g/mol. The molecule has 0 radical (unpaired) electrons. The van der Waals surface area contributed by atoms with Crippen LogP contribution in [-0.4, -0.2) is 31.1 Å². The third-order valence-electron chi connectivity index (χ3n) is 6.41. The molecule has 176 valence electrons. The maximum atomic E-state index is 12.7. The Labute approximate surface area is 195 Å². The second kappa shape index (κ2) is 13.3. The first kappa shape index (κ1) is 25.9. The standard InChI is InChI=1S/C26H34N2O2.2CH4/c29-26(27-23-11-7-2-1-3-8-12-23)22-13-15-24(16-14-22)28-18-17-25(19-28)30-20-21-9-5-4-6-10-21;;/h4-6,9-10,13-16,23,25H,1-3,7-8,11-12,17-20H2,(H,27,29);2*1H4. The molecule has 0 aromatic heterocycles. The number of benzene rings is 2. The summed E-state index contributed by atoms with van der Waals surface area (Å²) in [7, 11) is 0. The summed E-state index contributed by atoms with van der Waals surface area (Å²) in [5.74, 6) is 0.0672. The van der Waals surface area contributed by atoms with E-state index in [-0.39, 0.29) is 26.9 Å². The molecule has 1 atom stereocenters. The lowest BCUT2D eigenvalue weighted by Gasteiger charge is -2.22. The molecule has 4 heteroatoms.